The van der Waals surface area contributed by atoms with E-state index in [1.807, 2.05) is 36.5 Å². The van der Waals surface area contributed by atoms with Gasteiger partial charge in [0.1, 0.15) is 0 Å². The predicted molar refractivity (Wildman–Crippen MR) is 77.1 cm³/mol. The van der Waals surface area contributed by atoms with Crippen LogP contribution in [0.25, 0.3) is 16.9 Å². The number of aliphatic hydroxyl groups is 1. The van der Waals surface area contributed by atoms with Gasteiger partial charge in [-0.1, -0.05) is 30.3 Å². The van der Waals surface area contributed by atoms with Gasteiger partial charge in [0.05, 0.1) is 12.3 Å². The molecule has 21 heavy (non-hydrogen) atoms. The summed E-state index contributed by atoms with van der Waals surface area (Å²) in [5.74, 6) is 0.355. The molecule has 1 N–H and O–H groups in total. The molecule has 0 aliphatic rings. The Kier molecular flexibility index (Phi) is 3.19. The number of aryl methyl sites for hydroxylation is 1. The summed E-state index contributed by atoms with van der Waals surface area (Å²) in [6.45, 7) is 1.89. The van der Waals surface area contributed by atoms with Gasteiger partial charge in [-0.2, -0.15) is 0 Å². The molecule has 0 radical (unpaired) electrons. The highest BCUT2D eigenvalue weighted by Crippen LogP contribution is 2.29. The van der Waals surface area contributed by atoms with Crippen molar-refractivity contribution in [1.82, 2.24) is 14.0 Å². The van der Waals surface area contributed by atoms with E-state index in [4.69, 9.17) is 0 Å². The lowest BCUT2D eigenvalue weighted by Gasteiger charge is -2.07. The molecule has 0 atom stereocenters. The largest absolute Gasteiger partial charge is 0.407 e. The van der Waals surface area contributed by atoms with Gasteiger partial charge in [-0.05, 0) is 15.5 Å². The van der Waals surface area contributed by atoms with Crippen LogP contribution in [0.5, 0.6) is 0 Å². The van der Waals surface area contributed by atoms with Crippen LogP contribution < -0.4 is 0 Å². The Morgan fingerprint density at radius 2 is 2.05 bits per heavy atom. The Morgan fingerprint density at radius 3 is 2.67 bits per heavy atom. The van der Waals surface area contributed by atoms with E-state index in [2.05, 4.69) is 4.98 Å². The molecule has 3 aromatic rings. The molecule has 0 unspecified atom stereocenters. The minimum absolute atomic E-state index is 0.106. The number of benzene rings is 1. The first-order valence-electron chi connectivity index (χ1n) is 6.52. The zero-order valence-electron chi connectivity index (χ0n) is 11.4. The second kappa shape index (κ2) is 5.02. The molecule has 0 saturated carbocycles. The van der Waals surface area contributed by atoms with Crippen molar-refractivity contribution in [2.24, 2.45) is 0 Å². The van der Waals surface area contributed by atoms with E-state index in [1.165, 1.54) is 0 Å². The van der Waals surface area contributed by atoms with Crippen LogP contribution in [-0.2, 0) is 6.54 Å². The number of aromatic nitrogens is 3. The van der Waals surface area contributed by atoms with Crippen molar-refractivity contribution in [3.8, 4) is 11.3 Å². The van der Waals surface area contributed by atoms with Crippen LogP contribution in [0, 0.1) is 17.0 Å². The fourth-order valence-electron chi connectivity index (χ4n) is 2.52. The summed E-state index contributed by atoms with van der Waals surface area (Å²) in [5, 5.41) is 20.5. The Balaban J connectivity index is 2.33. The molecule has 0 fully saturated rings. The van der Waals surface area contributed by atoms with Crippen LogP contribution in [0.1, 0.15) is 5.82 Å². The second-order valence-corrected chi connectivity index (χ2v) is 4.69. The standard InChI is InChI=1S/C14H14N4O3/c1-10-15-13(18(20)21)14-16(7-8-19)12(9-17(10)14)11-5-3-2-4-6-11/h2-6,9,19H,7-8H2,1H3. The summed E-state index contributed by atoms with van der Waals surface area (Å²) >= 11 is 0. The molecule has 0 spiro atoms. The van der Waals surface area contributed by atoms with Gasteiger partial charge < -0.3 is 19.8 Å². The van der Waals surface area contributed by atoms with Crippen LogP contribution in [0.4, 0.5) is 5.82 Å². The molecule has 7 nitrogen and oxygen atoms in total. The average molecular weight is 286 g/mol. The zero-order chi connectivity index (χ0) is 15.0. The third kappa shape index (κ3) is 2.07. The van der Waals surface area contributed by atoms with Crippen LogP contribution in [-0.4, -0.2) is 30.6 Å². The number of nitrogens with zero attached hydrogens (tertiary/aromatic N) is 4. The SMILES string of the molecule is Cc1nc([N+](=O)[O-])c2n(CCO)c(-c3ccccc3)cn12. The van der Waals surface area contributed by atoms with Crippen LogP contribution >= 0.6 is 0 Å². The molecular formula is C14H14N4O3. The second-order valence-electron chi connectivity index (χ2n) is 4.69. The number of nitro groups is 1. The lowest BCUT2D eigenvalue weighted by atomic mass is 10.2. The van der Waals surface area contributed by atoms with Crippen LogP contribution in [0.15, 0.2) is 36.5 Å². The van der Waals surface area contributed by atoms with E-state index in [-0.39, 0.29) is 19.0 Å². The summed E-state index contributed by atoms with van der Waals surface area (Å²) in [6, 6.07) is 9.57. The summed E-state index contributed by atoms with van der Waals surface area (Å²) in [5.41, 5.74) is 2.14. The van der Waals surface area contributed by atoms with E-state index in [0.29, 0.717) is 11.5 Å². The van der Waals surface area contributed by atoms with E-state index in [9.17, 15) is 15.2 Å². The quantitative estimate of drug-likeness (QED) is 0.587. The molecule has 0 amide bonds. The summed E-state index contributed by atoms with van der Waals surface area (Å²) in [4.78, 5) is 14.7. The van der Waals surface area contributed by atoms with Crippen molar-refractivity contribution in [3.63, 3.8) is 0 Å². The Bertz CT molecular complexity index is 805. The maximum atomic E-state index is 11.2. The smallest absolute Gasteiger partial charge is 0.395 e. The highest BCUT2D eigenvalue weighted by atomic mass is 16.6. The third-order valence-corrected chi connectivity index (χ3v) is 3.41. The molecule has 0 aliphatic heterocycles. The number of rotatable bonds is 4. The Labute approximate surface area is 120 Å². The first-order chi connectivity index (χ1) is 10.1. The lowest BCUT2D eigenvalue weighted by molar-refractivity contribution is -0.387. The van der Waals surface area contributed by atoms with Gasteiger partial charge in [-0.15, -0.1) is 0 Å². The number of hydrogen-bond acceptors (Lipinski definition) is 4. The summed E-state index contributed by atoms with van der Waals surface area (Å²) < 4.78 is 3.42. The Morgan fingerprint density at radius 1 is 1.33 bits per heavy atom. The highest BCUT2D eigenvalue weighted by Gasteiger charge is 2.26. The van der Waals surface area contributed by atoms with Gasteiger partial charge >= 0.3 is 5.82 Å². The number of fused-ring (bicyclic) bond motifs is 1. The predicted octanol–water partition coefficient (Wildman–Crippen LogP) is 2.01. The van der Waals surface area contributed by atoms with Gasteiger partial charge in [-0.25, -0.2) is 0 Å². The normalized spacial score (nSPS) is 11.1. The summed E-state index contributed by atoms with van der Waals surface area (Å²) in [6.07, 6.45) is 1.82. The third-order valence-electron chi connectivity index (χ3n) is 3.41. The monoisotopic (exact) mass is 286 g/mol. The molecule has 108 valence electrons. The fourth-order valence-corrected chi connectivity index (χ4v) is 2.52. The van der Waals surface area contributed by atoms with Gasteiger partial charge in [0.15, 0.2) is 0 Å². The topological polar surface area (TPSA) is 85.6 Å². The molecule has 3 rings (SSSR count). The van der Waals surface area contributed by atoms with E-state index >= 15 is 0 Å². The molecule has 0 aliphatic carbocycles. The maximum absolute atomic E-state index is 11.2. The first kappa shape index (κ1) is 13.3. The van der Waals surface area contributed by atoms with E-state index in [1.54, 1.807) is 15.9 Å². The number of aliphatic hydroxyl groups excluding tert-OH is 1. The molecular weight excluding hydrogens is 272 g/mol. The first-order valence-corrected chi connectivity index (χ1v) is 6.52. The number of imidazole rings is 2. The minimum Gasteiger partial charge on any atom is -0.395 e. The maximum Gasteiger partial charge on any atom is 0.407 e. The lowest BCUT2D eigenvalue weighted by Crippen LogP contribution is -2.05. The molecule has 0 bridgehead atoms. The molecule has 7 heteroatoms. The van der Waals surface area contributed by atoms with Gasteiger partial charge in [0.25, 0.3) is 0 Å². The molecule has 2 aromatic heterocycles. The van der Waals surface area contributed by atoms with Crippen molar-refractivity contribution < 1.29 is 10.0 Å². The van der Waals surface area contributed by atoms with Crippen LogP contribution in [0.2, 0.25) is 0 Å². The number of hydrogen-bond donors (Lipinski definition) is 1. The van der Waals surface area contributed by atoms with Gasteiger partial charge in [0, 0.05) is 19.7 Å². The van der Waals surface area contributed by atoms with Crippen molar-refractivity contribution in [3.05, 3.63) is 52.5 Å². The fraction of sp³-hybridized carbons (Fsp3) is 0.214. The van der Waals surface area contributed by atoms with Crippen molar-refractivity contribution in [2.75, 3.05) is 6.61 Å². The molecule has 1 aromatic carbocycles. The highest BCUT2D eigenvalue weighted by molar-refractivity contribution is 5.69. The van der Waals surface area contributed by atoms with Crippen molar-refractivity contribution >= 4 is 11.5 Å². The van der Waals surface area contributed by atoms with E-state index < -0.39 is 4.92 Å². The average Bonchev–Trinajstić information content (AvgIpc) is 3.00. The summed E-state index contributed by atoms with van der Waals surface area (Å²) in [7, 11) is 0. The van der Waals surface area contributed by atoms with Gasteiger partial charge in [0.2, 0.25) is 11.5 Å². The van der Waals surface area contributed by atoms with Crippen molar-refractivity contribution in [1.29, 1.82) is 0 Å². The Hall–Kier alpha value is -2.67. The minimum atomic E-state index is -0.495. The van der Waals surface area contributed by atoms with E-state index in [0.717, 1.165) is 11.3 Å². The molecule has 2 heterocycles. The zero-order valence-corrected chi connectivity index (χ0v) is 11.4. The van der Waals surface area contributed by atoms with Crippen molar-refractivity contribution in [2.45, 2.75) is 13.5 Å². The van der Waals surface area contributed by atoms with Crippen LogP contribution in [0.3, 0.4) is 0 Å². The molecule has 0 saturated heterocycles. The van der Waals surface area contributed by atoms with Gasteiger partial charge in [-0.3, -0.25) is 4.40 Å².